The Morgan fingerprint density at radius 2 is 1.65 bits per heavy atom. The summed E-state index contributed by atoms with van der Waals surface area (Å²) >= 11 is 0. The third kappa shape index (κ3) is 4.44. The molecule has 174 valence electrons. The van der Waals surface area contributed by atoms with Crippen LogP contribution in [0.2, 0.25) is 0 Å². The molecule has 0 radical (unpaired) electrons. The van der Waals surface area contributed by atoms with Gasteiger partial charge in [-0.05, 0) is 72.5 Å². The van der Waals surface area contributed by atoms with E-state index in [0.29, 0.717) is 29.5 Å². The fourth-order valence-corrected chi connectivity index (χ4v) is 4.02. The zero-order valence-electron chi connectivity index (χ0n) is 19.3. The smallest absolute Gasteiger partial charge is 0.300 e. The Hall–Kier alpha value is -3.93. The number of anilines is 1. The standard InChI is InChI=1S/C28H26FNO4/c1-17(2)16-34-22-14-12-21(13-15-22)30-25(23-7-5-4-6-18(23)3)24(27(32)28(30)33)26(31)19-8-10-20(29)11-9-19/h4-15,17,25,31H,16H2,1-3H3/b26-24-. The van der Waals surface area contributed by atoms with Gasteiger partial charge in [0.05, 0.1) is 18.2 Å². The van der Waals surface area contributed by atoms with Crippen LogP contribution in [0.15, 0.2) is 78.4 Å². The van der Waals surface area contributed by atoms with Gasteiger partial charge in [0.1, 0.15) is 17.3 Å². The lowest BCUT2D eigenvalue weighted by atomic mass is 9.92. The van der Waals surface area contributed by atoms with Gasteiger partial charge in [-0.25, -0.2) is 4.39 Å². The molecule has 1 aliphatic rings. The number of nitrogens with zero attached hydrogens (tertiary/aromatic N) is 1. The highest BCUT2D eigenvalue weighted by Crippen LogP contribution is 2.43. The van der Waals surface area contributed by atoms with Crippen molar-refractivity contribution in [2.75, 3.05) is 11.5 Å². The number of hydrogen-bond donors (Lipinski definition) is 1. The first-order valence-electron chi connectivity index (χ1n) is 11.1. The maximum Gasteiger partial charge on any atom is 0.300 e. The number of ether oxygens (including phenoxy) is 1. The molecule has 1 fully saturated rings. The van der Waals surface area contributed by atoms with E-state index in [9.17, 15) is 19.1 Å². The van der Waals surface area contributed by atoms with Gasteiger partial charge in [0.25, 0.3) is 11.7 Å². The fourth-order valence-electron chi connectivity index (χ4n) is 4.02. The van der Waals surface area contributed by atoms with E-state index in [1.165, 1.54) is 29.2 Å². The summed E-state index contributed by atoms with van der Waals surface area (Å²) in [5.41, 5.74) is 2.30. The van der Waals surface area contributed by atoms with Crippen molar-refractivity contribution < 1.29 is 23.8 Å². The quantitative estimate of drug-likeness (QED) is 0.288. The largest absolute Gasteiger partial charge is 0.507 e. The number of aliphatic hydroxyl groups excluding tert-OH is 1. The monoisotopic (exact) mass is 459 g/mol. The number of aryl methyl sites for hydroxylation is 1. The Morgan fingerprint density at radius 3 is 2.26 bits per heavy atom. The molecule has 5 nitrogen and oxygen atoms in total. The summed E-state index contributed by atoms with van der Waals surface area (Å²) in [6.45, 7) is 6.55. The van der Waals surface area contributed by atoms with E-state index in [1.54, 1.807) is 24.3 Å². The lowest BCUT2D eigenvalue weighted by Gasteiger charge is -2.26. The van der Waals surface area contributed by atoms with Gasteiger partial charge in [0.15, 0.2) is 0 Å². The molecule has 1 atom stereocenters. The minimum atomic E-state index is -0.839. The van der Waals surface area contributed by atoms with Crippen molar-refractivity contribution in [2.24, 2.45) is 5.92 Å². The average molecular weight is 460 g/mol. The Bertz CT molecular complexity index is 1250. The molecule has 3 aromatic carbocycles. The van der Waals surface area contributed by atoms with Crippen molar-refractivity contribution in [2.45, 2.75) is 26.8 Å². The van der Waals surface area contributed by atoms with Crippen LogP contribution in [0.5, 0.6) is 5.75 Å². The zero-order valence-corrected chi connectivity index (χ0v) is 19.3. The molecule has 0 bridgehead atoms. The van der Waals surface area contributed by atoms with Gasteiger partial charge in [-0.1, -0.05) is 38.1 Å². The van der Waals surface area contributed by atoms with Gasteiger partial charge in [-0.2, -0.15) is 0 Å². The van der Waals surface area contributed by atoms with Crippen molar-refractivity contribution in [1.29, 1.82) is 0 Å². The van der Waals surface area contributed by atoms with Crippen LogP contribution >= 0.6 is 0 Å². The lowest BCUT2D eigenvalue weighted by Crippen LogP contribution is -2.29. The second kappa shape index (κ2) is 9.51. The molecule has 0 spiro atoms. The number of halogens is 1. The van der Waals surface area contributed by atoms with Crippen molar-refractivity contribution >= 4 is 23.1 Å². The predicted octanol–water partition coefficient (Wildman–Crippen LogP) is 5.80. The zero-order chi connectivity index (χ0) is 24.4. The third-order valence-corrected chi connectivity index (χ3v) is 5.74. The molecular formula is C28H26FNO4. The number of aliphatic hydroxyl groups is 1. The molecule has 0 aliphatic carbocycles. The van der Waals surface area contributed by atoms with Crippen molar-refractivity contribution in [3.63, 3.8) is 0 Å². The van der Waals surface area contributed by atoms with E-state index in [0.717, 1.165) is 5.56 Å². The van der Waals surface area contributed by atoms with Crippen molar-refractivity contribution in [3.8, 4) is 5.75 Å². The first-order chi connectivity index (χ1) is 16.3. The molecule has 4 rings (SSSR count). The molecule has 1 aliphatic heterocycles. The molecular weight excluding hydrogens is 433 g/mol. The van der Waals surface area contributed by atoms with E-state index in [1.807, 2.05) is 31.2 Å². The highest BCUT2D eigenvalue weighted by molar-refractivity contribution is 6.51. The van der Waals surface area contributed by atoms with E-state index in [4.69, 9.17) is 4.74 Å². The van der Waals surface area contributed by atoms with Crippen LogP contribution in [-0.4, -0.2) is 23.4 Å². The average Bonchev–Trinajstić information content (AvgIpc) is 3.08. The Balaban J connectivity index is 1.84. The van der Waals surface area contributed by atoms with E-state index >= 15 is 0 Å². The summed E-state index contributed by atoms with van der Waals surface area (Å²) in [7, 11) is 0. The normalized spacial score (nSPS) is 17.4. The molecule has 1 amide bonds. The van der Waals surface area contributed by atoms with E-state index < -0.39 is 23.5 Å². The van der Waals surface area contributed by atoms with Gasteiger partial charge in [0.2, 0.25) is 0 Å². The highest BCUT2D eigenvalue weighted by atomic mass is 19.1. The number of hydrogen-bond acceptors (Lipinski definition) is 4. The summed E-state index contributed by atoms with van der Waals surface area (Å²) in [6, 6.07) is 18.7. The van der Waals surface area contributed by atoms with Gasteiger partial charge in [-0.3, -0.25) is 14.5 Å². The molecule has 1 saturated heterocycles. The van der Waals surface area contributed by atoms with Crippen LogP contribution in [-0.2, 0) is 9.59 Å². The molecule has 3 aromatic rings. The number of ketones is 1. The first-order valence-corrected chi connectivity index (χ1v) is 11.1. The van der Waals surface area contributed by atoms with Crippen LogP contribution in [0.25, 0.3) is 5.76 Å². The number of benzene rings is 3. The van der Waals surface area contributed by atoms with Crippen LogP contribution in [0.4, 0.5) is 10.1 Å². The number of Topliss-reactive ketones (excluding diaryl/α,β-unsaturated/α-hetero) is 1. The Kier molecular flexibility index (Phi) is 6.50. The van der Waals surface area contributed by atoms with Crippen molar-refractivity contribution in [3.05, 3.63) is 101 Å². The summed E-state index contributed by atoms with van der Waals surface area (Å²) in [6.07, 6.45) is 0. The molecule has 1 heterocycles. The molecule has 6 heteroatoms. The van der Waals surface area contributed by atoms with Gasteiger partial charge in [-0.15, -0.1) is 0 Å². The molecule has 1 unspecified atom stereocenters. The van der Waals surface area contributed by atoms with Gasteiger partial charge < -0.3 is 9.84 Å². The predicted molar refractivity (Wildman–Crippen MR) is 129 cm³/mol. The summed E-state index contributed by atoms with van der Waals surface area (Å²) in [4.78, 5) is 27.8. The van der Waals surface area contributed by atoms with Crippen LogP contribution in [0.3, 0.4) is 0 Å². The van der Waals surface area contributed by atoms with E-state index in [2.05, 4.69) is 13.8 Å². The molecule has 0 aromatic heterocycles. The van der Waals surface area contributed by atoms with Crippen molar-refractivity contribution in [1.82, 2.24) is 0 Å². The van der Waals surface area contributed by atoms with Gasteiger partial charge >= 0.3 is 0 Å². The second-order valence-electron chi connectivity index (χ2n) is 8.73. The van der Waals surface area contributed by atoms with Crippen LogP contribution in [0.1, 0.15) is 36.6 Å². The topological polar surface area (TPSA) is 66.8 Å². The van der Waals surface area contributed by atoms with Crippen LogP contribution in [0, 0.1) is 18.7 Å². The first kappa shape index (κ1) is 23.2. The van der Waals surface area contributed by atoms with E-state index in [-0.39, 0.29) is 16.9 Å². The molecule has 0 saturated carbocycles. The summed E-state index contributed by atoms with van der Waals surface area (Å²) < 4.78 is 19.2. The molecule has 34 heavy (non-hydrogen) atoms. The van der Waals surface area contributed by atoms with Gasteiger partial charge in [0, 0.05) is 11.3 Å². The number of amides is 1. The SMILES string of the molecule is Cc1ccccc1C1/C(=C(/O)c2ccc(F)cc2)C(=O)C(=O)N1c1ccc(OCC(C)C)cc1. The highest BCUT2D eigenvalue weighted by Gasteiger charge is 2.47. The molecule has 1 N–H and O–H groups in total. The lowest BCUT2D eigenvalue weighted by molar-refractivity contribution is -0.132. The Morgan fingerprint density at radius 1 is 1.00 bits per heavy atom. The number of carbonyl (C=O) groups excluding carboxylic acids is 2. The summed E-state index contributed by atoms with van der Waals surface area (Å²) in [5, 5.41) is 11.1. The maximum absolute atomic E-state index is 13.4. The summed E-state index contributed by atoms with van der Waals surface area (Å²) in [5.74, 6) is -1.32. The Labute approximate surface area is 198 Å². The maximum atomic E-state index is 13.4. The minimum absolute atomic E-state index is 0.0361. The third-order valence-electron chi connectivity index (χ3n) is 5.74. The second-order valence-corrected chi connectivity index (χ2v) is 8.73. The minimum Gasteiger partial charge on any atom is -0.507 e. The fraction of sp³-hybridized carbons (Fsp3) is 0.214. The number of rotatable bonds is 6. The number of carbonyl (C=O) groups is 2. The van der Waals surface area contributed by atoms with Crippen LogP contribution < -0.4 is 9.64 Å².